The number of hydrogen-bond acceptors (Lipinski definition) is 5. The number of hydrogen-bond donors (Lipinski definition) is 5. The molecule has 0 aromatic carbocycles. The van der Waals surface area contributed by atoms with Crippen molar-refractivity contribution in [2.45, 2.75) is 301 Å². The Morgan fingerprint density at radius 1 is 0.407 bits per heavy atom. The molecule has 4 unspecified atom stereocenters. The lowest BCUT2D eigenvalue weighted by atomic mass is 10.00. The van der Waals surface area contributed by atoms with E-state index < -0.39 is 36.9 Å². The molecule has 1 amide bonds. The fourth-order valence-corrected chi connectivity index (χ4v) is 8.25. The fraction of sp³-hybridized carbons (Fsp3) is 0.906. The van der Waals surface area contributed by atoms with Gasteiger partial charge in [-0.3, -0.25) is 4.79 Å². The van der Waals surface area contributed by atoms with E-state index in [4.69, 9.17) is 0 Å². The average Bonchev–Trinajstić information content (AvgIpc) is 3.24. The second-order valence-electron chi connectivity index (χ2n) is 18.2. The van der Waals surface area contributed by atoms with Crippen molar-refractivity contribution in [1.82, 2.24) is 5.32 Å². The summed E-state index contributed by atoms with van der Waals surface area (Å²) in [7, 11) is 0. The van der Waals surface area contributed by atoms with Gasteiger partial charge in [-0.25, -0.2) is 0 Å². The molecule has 6 nitrogen and oxygen atoms in total. The summed E-state index contributed by atoms with van der Waals surface area (Å²) in [5.41, 5.74) is 0. The smallest absolute Gasteiger partial charge is 0.249 e. The molecular formula is C53H103NO5. The Bertz CT molecular complexity index is 893. The van der Waals surface area contributed by atoms with Gasteiger partial charge in [-0.2, -0.15) is 0 Å². The number of rotatable bonds is 48. The van der Waals surface area contributed by atoms with Gasteiger partial charge in [0.2, 0.25) is 5.91 Å². The van der Waals surface area contributed by atoms with Crippen LogP contribution in [0.25, 0.3) is 0 Å². The molecule has 350 valence electrons. The Balaban J connectivity index is 3.65. The lowest BCUT2D eigenvalue weighted by Crippen LogP contribution is -2.53. The molecule has 0 radical (unpaired) electrons. The van der Waals surface area contributed by atoms with Crippen LogP contribution in [0.15, 0.2) is 24.3 Å². The predicted molar refractivity (Wildman–Crippen MR) is 256 cm³/mol. The van der Waals surface area contributed by atoms with Crippen LogP contribution in [-0.2, 0) is 4.79 Å². The molecule has 0 aromatic rings. The zero-order valence-electron chi connectivity index (χ0n) is 39.5. The van der Waals surface area contributed by atoms with E-state index in [2.05, 4.69) is 43.5 Å². The summed E-state index contributed by atoms with van der Waals surface area (Å²) in [6.45, 7) is 4.05. The van der Waals surface area contributed by atoms with E-state index in [0.29, 0.717) is 19.3 Å². The van der Waals surface area contributed by atoms with Gasteiger partial charge in [-0.05, 0) is 51.4 Å². The third-order valence-corrected chi connectivity index (χ3v) is 12.4. The van der Waals surface area contributed by atoms with Crippen LogP contribution in [0.2, 0.25) is 0 Å². The SMILES string of the molecule is CCCCCCCCCCCCCCCCCCCCCCC/C=C/CC/C=C/CCCC(O)C(O)C(CO)NC(=O)C(O)CCCCCCCCCCCCCCC. The highest BCUT2D eigenvalue weighted by atomic mass is 16.3. The van der Waals surface area contributed by atoms with E-state index in [1.54, 1.807) is 0 Å². The van der Waals surface area contributed by atoms with Gasteiger partial charge in [0.1, 0.15) is 12.2 Å². The van der Waals surface area contributed by atoms with Crippen molar-refractivity contribution in [3.05, 3.63) is 24.3 Å². The number of nitrogens with one attached hydrogen (secondary N) is 1. The van der Waals surface area contributed by atoms with Crippen LogP contribution in [0.4, 0.5) is 0 Å². The minimum absolute atomic E-state index is 0.363. The number of aliphatic hydroxyl groups is 4. The third kappa shape index (κ3) is 41.9. The van der Waals surface area contributed by atoms with Crippen molar-refractivity contribution in [2.75, 3.05) is 6.61 Å². The van der Waals surface area contributed by atoms with E-state index in [1.165, 1.54) is 205 Å². The first-order valence-electron chi connectivity index (χ1n) is 26.2. The van der Waals surface area contributed by atoms with E-state index in [9.17, 15) is 25.2 Å². The molecular weight excluding hydrogens is 731 g/mol. The molecule has 6 heteroatoms. The van der Waals surface area contributed by atoms with Crippen LogP contribution in [0.5, 0.6) is 0 Å². The Labute approximate surface area is 367 Å². The van der Waals surface area contributed by atoms with Gasteiger partial charge >= 0.3 is 0 Å². The van der Waals surface area contributed by atoms with Gasteiger partial charge < -0.3 is 25.7 Å². The van der Waals surface area contributed by atoms with E-state index >= 15 is 0 Å². The van der Waals surface area contributed by atoms with Crippen LogP contribution in [-0.4, -0.2) is 57.3 Å². The molecule has 0 heterocycles. The van der Waals surface area contributed by atoms with Gasteiger partial charge in [0.05, 0.1) is 18.8 Å². The van der Waals surface area contributed by atoms with Gasteiger partial charge in [-0.15, -0.1) is 0 Å². The summed E-state index contributed by atoms with van der Waals surface area (Å²) in [4.78, 5) is 12.5. The molecule has 0 rings (SSSR count). The van der Waals surface area contributed by atoms with E-state index in [-0.39, 0.29) is 0 Å². The van der Waals surface area contributed by atoms with E-state index in [0.717, 1.165) is 38.5 Å². The van der Waals surface area contributed by atoms with Gasteiger partial charge in [0, 0.05) is 0 Å². The maximum Gasteiger partial charge on any atom is 0.249 e. The number of allylic oxidation sites excluding steroid dienone is 4. The summed E-state index contributed by atoms with van der Waals surface area (Å²) in [5.74, 6) is -0.595. The second-order valence-corrected chi connectivity index (χ2v) is 18.2. The quantitative estimate of drug-likeness (QED) is 0.0310. The number of aliphatic hydroxyl groups excluding tert-OH is 4. The first kappa shape index (κ1) is 57.8. The average molecular weight is 834 g/mol. The zero-order chi connectivity index (χ0) is 43.1. The lowest BCUT2D eigenvalue weighted by Gasteiger charge is -2.27. The summed E-state index contributed by atoms with van der Waals surface area (Å²) in [6, 6.07) is -1.00. The minimum Gasteiger partial charge on any atom is -0.394 e. The molecule has 0 spiro atoms. The fourth-order valence-electron chi connectivity index (χ4n) is 8.25. The van der Waals surface area contributed by atoms with Crippen molar-refractivity contribution >= 4 is 5.91 Å². The first-order chi connectivity index (χ1) is 29.0. The monoisotopic (exact) mass is 834 g/mol. The van der Waals surface area contributed by atoms with Crippen LogP contribution in [0.3, 0.4) is 0 Å². The second kappa shape index (κ2) is 47.8. The number of amides is 1. The highest BCUT2D eigenvalue weighted by Gasteiger charge is 2.28. The Kier molecular flexibility index (Phi) is 46.9. The zero-order valence-corrected chi connectivity index (χ0v) is 39.5. The van der Waals surface area contributed by atoms with E-state index in [1.807, 2.05) is 0 Å². The molecule has 0 saturated heterocycles. The maximum atomic E-state index is 12.5. The van der Waals surface area contributed by atoms with Crippen LogP contribution < -0.4 is 5.32 Å². The van der Waals surface area contributed by atoms with Crippen molar-refractivity contribution in [2.24, 2.45) is 0 Å². The third-order valence-electron chi connectivity index (χ3n) is 12.4. The Hall–Kier alpha value is -1.21. The summed E-state index contributed by atoms with van der Waals surface area (Å²) in [5, 5.41) is 43.7. The van der Waals surface area contributed by atoms with Crippen molar-refractivity contribution in [3.8, 4) is 0 Å². The molecule has 0 bridgehead atoms. The molecule has 0 fully saturated rings. The predicted octanol–water partition coefficient (Wildman–Crippen LogP) is 14.7. The molecule has 59 heavy (non-hydrogen) atoms. The highest BCUT2D eigenvalue weighted by molar-refractivity contribution is 5.80. The van der Waals surface area contributed by atoms with Gasteiger partial charge in [0.15, 0.2) is 0 Å². The molecule has 0 aliphatic heterocycles. The van der Waals surface area contributed by atoms with Crippen LogP contribution in [0, 0.1) is 0 Å². The standard InChI is InChI=1S/C53H103NO5/c1-3-5-7-9-11-13-15-17-18-19-20-21-22-23-24-25-26-27-28-29-30-31-32-33-35-36-38-40-42-44-46-50(56)52(58)49(48-55)54-53(59)51(57)47-45-43-41-39-37-34-16-14-12-10-8-6-4-2/h32-33,38,40,49-52,55-58H,3-31,34-37,39,41-48H2,1-2H3,(H,54,59)/b33-32+,40-38+. The maximum absolute atomic E-state index is 12.5. The normalized spacial score (nSPS) is 14.1. The number of carbonyl (C=O) groups excluding carboxylic acids is 1. The molecule has 4 atom stereocenters. The number of carbonyl (C=O) groups is 1. The molecule has 0 aliphatic rings. The topological polar surface area (TPSA) is 110 Å². The summed E-state index contributed by atoms with van der Waals surface area (Å²) >= 11 is 0. The first-order valence-corrected chi connectivity index (χ1v) is 26.2. The minimum atomic E-state index is -1.29. The molecule has 0 aliphatic carbocycles. The summed E-state index contributed by atoms with van der Waals surface area (Å²) in [6.07, 6.45) is 56.8. The number of unbranched alkanes of at least 4 members (excludes halogenated alkanes) is 35. The van der Waals surface area contributed by atoms with Crippen molar-refractivity contribution < 1.29 is 25.2 Å². The molecule has 0 saturated carbocycles. The Morgan fingerprint density at radius 3 is 1.07 bits per heavy atom. The van der Waals surface area contributed by atoms with Crippen molar-refractivity contribution in [1.29, 1.82) is 0 Å². The van der Waals surface area contributed by atoms with Gasteiger partial charge in [0.25, 0.3) is 0 Å². The lowest BCUT2D eigenvalue weighted by molar-refractivity contribution is -0.132. The molecule has 0 aromatic heterocycles. The highest BCUT2D eigenvalue weighted by Crippen LogP contribution is 2.17. The Morgan fingerprint density at radius 2 is 0.712 bits per heavy atom. The van der Waals surface area contributed by atoms with Gasteiger partial charge in [-0.1, -0.05) is 250 Å². The van der Waals surface area contributed by atoms with Crippen LogP contribution in [0.1, 0.15) is 277 Å². The summed E-state index contributed by atoms with van der Waals surface area (Å²) < 4.78 is 0. The molecule has 5 N–H and O–H groups in total. The van der Waals surface area contributed by atoms with Crippen molar-refractivity contribution in [3.63, 3.8) is 0 Å². The largest absolute Gasteiger partial charge is 0.394 e. The van der Waals surface area contributed by atoms with Crippen LogP contribution >= 0.6 is 0 Å².